The summed E-state index contributed by atoms with van der Waals surface area (Å²) in [4.78, 5) is 2.20. The number of nitrogens with zero attached hydrogens (tertiary/aromatic N) is 1. The maximum atomic E-state index is 5.45. The van der Waals surface area contributed by atoms with Crippen molar-refractivity contribution < 1.29 is 0 Å². The van der Waals surface area contributed by atoms with Crippen molar-refractivity contribution in [2.24, 2.45) is 0 Å². The summed E-state index contributed by atoms with van der Waals surface area (Å²) in [6.07, 6.45) is 0. The number of nitrogens with one attached hydrogen (secondary N) is 2. The van der Waals surface area contributed by atoms with Gasteiger partial charge in [0.25, 0.3) is 0 Å². The fourth-order valence-corrected chi connectivity index (χ4v) is 2.71. The molecular formula is C19H25N3S. The van der Waals surface area contributed by atoms with Gasteiger partial charge in [-0.2, -0.15) is 0 Å². The second kappa shape index (κ2) is 8.09. The molecule has 0 saturated heterocycles. The van der Waals surface area contributed by atoms with Gasteiger partial charge in [0.1, 0.15) is 0 Å². The molecular weight excluding hydrogens is 302 g/mol. The maximum Gasteiger partial charge on any atom is 0.170 e. The molecule has 0 amide bonds. The van der Waals surface area contributed by atoms with Crippen molar-refractivity contribution in [1.82, 2.24) is 10.2 Å². The van der Waals surface area contributed by atoms with Gasteiger partial charge in [-0.25, -0.2) is 0 Å². The van der Waals surface area contributed by atoms with E-state index < -0.39 is 0 Å². The molecule has 0 aromatic heterocycles. The molecule has 2 aromatic rings. The molecule has 0 saturated carbocycles. The third kappa shape index (κ3) is 4.78. The Labute approximate surface area is 144 Å². The minimum absolute atomic E-state index is 0.273. The first-order valence-corrected chi connectivity index (χ1v) is 8.22. The zero-order valence-electron chi connectivity index (χ0n) is 14.3. The highest BCUT2D eigenvalue weighted by Crippen LogP contribution is 2.19. The Morgan fingerprint density at radius 3 is 2.39 bits per heavy atom. The summed E-state index contributed by atoms with van der Waals surface area (Å²) in [5.41, 5.74) is 4.82. The van der Waals surface area contributed by atoms with Crippen molar-refractivity contribution in [2.45, 2.75) is 19.9 Å². The van der Waals surface area contributed by atoms with Gasteiger partial charge in [0.05, 0.1) is 6.04 Å². The first-order chi connectivity index (χ1) is 11.0. The van der Waals surface area contributed by atoms with E-state index in [1.807, 2.05) is 12.1 Å². The summed E-state index contributed by atoms with van der Waals surface area (Å²) in [6, 6.07) is 16.9. The van der Waals surface area contributed by atoms with E-state index in [4.69, 9.17) is 12.2 Å². The topological polar surface area (TPSA) is 27.3 Å². The molecule has 122 valence electrons. The number of likely N-dealkylation sites (N-methyl/N-ethyl adjacent to an activating group) is 1. The van der Waals surface area contributed by atoms with Gasteiger partial charge >= 0.3 is 0 Å². The van der Waals surface area contributed by atoms with E-state index in [-0.39, 0.29) is 6.04 Å². The van der Waals surface area contributed by atoms with Crippen molar-refractivity contribution in [2.75, 3.05) is 26.0 Å². The van der Waals surface area contributed by atoms with E-state index in [9.17, 15) is 0 Å². The predicted molar refractivity (Wildman–Crippen MR) is 103 cm³/mol. The molecule has 0 heterocycles. The van der Waals surface area contributed by atoms with Gasteiger partial charge in [-0.3, -0.25) is 0 Å². The third-order valence-electron chi connectivity index (χ3n) is 4.12. The van der Waals surface area contributed by atoms with Crippen LogP contribution in [0.15, 0.2) is 48.5 Å². The lowest BCUT2D eigenvalue weighted by molar-refractivity contribution is 0.299. The van der Waals surface area contributed by atoms with E-state index >= 15 is 0 Å². The Kier molecular flexibility index (Phi) is 6.13. The molecule has 3 nitrogen and oxygen atoms in total. The second-order valence-electron chi connectivity index (χ2n) is 5.97. The SMILES string of the molecule is Cc1cccc(NC(=S)NC[C@@H](c2ccccc2)N(C)C)c1C. The quantitative estimate of drug-likeness (QED) is 0.815. The number of thiocarbonyl (C=S) groups is 1. The summed E-state index contributed by atoms with van der Waals surface area (Å²) in [6.45, 7) is 4.97. The van der Waals surface area contributed by atoms with Crippen LogP contribution in [0.2, 0.25) is 0 Å². The van der Waals surface area contributed by atoms with Crippen LogP contribution in [-0.4, -0.2) is 30.7 Å². The summed E-state index contributed by atoms with van der Waals surface area (Å²) >= 11 is 5.45. The summed E-state index contributed by atoms with van der Waals surface area (Å²) in [5, 5.41) is 7.29. The van der Waals surface area contributed by atoms with Crippen molar-refractivity contribution in [3.05, 3.63) is 65.2 Å². The van der Waals surface area contributed by atoms with Gasteiger partial charge < -0.3 is 15.5 Å². The van der Waals surface area contributed by atoms with E-state index in [1.165, 1.54) is 16.7 Å². The van der Waals surface area contributed by atoms with Gasteiger partial charge in [0, 0.05) is 12.2 Å². The van der Waals surface area contributed by atoms with E-state index in [0.29, 0.717) is 5.11 Å². The zero-order chi connectivity index (χ0) is 16.8. The molecule has 2 aromatic carbocycles. The van der Waals surface area contributed by atoms with Crippen molar-refractivity contribution in [3.8, 4) is 0 Å². The second-order valence-corrected chi connectivity index (χ2v) is 6.38. The lowest BCUT2D eigenvalue weighted by atomic mass is 10.1. The van der Waals surface area contributed by atoms with Crippen LogP contribution < -0.4 is 10.6 Å². The fraction of sp³-hybridized carbons (Fsp3) is 0.316. The van der Waals surface area contributed by atoms with Gasteiger partial charge in [-0.15, -0.1) is 0 Å². The van der Waals surface area contributed by atoms with E-state index in [2.05, 4.69) is 79.9 Å². The predicted octanol–water partition coefficient (Wildman–Crippen LogP) is 3.89. The largest absolute Gasteiger partial charge is 0.361 e. The fourth-order valence-electron chi connectivity index (χ4n) is 2.52. The summed E-state index contributed by atoms with van der Waals surface area (Å²) in [7, 11) is 4.17. The number of hydrogen-bond acceptors (Lipinski definition) is 2. The Bertz CT molecular complexity index is 653. The average molecular weight is 327 g/mol. The number of benzene rings is 2. The first-order valence-electron chi connectivity index (χ1n) is 7.81. The monoisotopic (exact) mass is 327 g/mol. The minimum atomic E-state index is 0.273. The normalized spacial score (nSPS) is 12.0. The molecule has 0 spiro atoms. The number of aryl methyl sites for hydroxylation is 1. The smallest absolute Gasteiger partial charge is 0.170 e. The Morgan fingerprint density at radius 2 is 1.74 bits per heavy atom. The van der Waals surface area contributed by atoms with Crippen molar-refractivity contribution in [3.63, 3.8) is 0 Å². The van der Waals surface area contributed by atoms with Gasteiger partial charge in [-0.1, -0.05) is 42.5 Å². The molecule has 0 aliphatic heterocycles. The third-order valence-corrected chi connectivity index (χ3v) is 4.36. The van der Waals surface area contributed by atoms with Gasteiger partial charge in [0.15, 0.2) is 5.11 Å². The Hall–Kier alpha value is -1.91. The summed E-state index contributed by atoms with van der Waals surface area (Å²) < 4.78 is 0. The van der Waals surface area contributed by atoms with Crippen LogP contribution in [-0.2, 0) is 0 Å². The molecule has 0 bridgehead atoms. The van der Waals surface area contributed by atoms with Crippen LogP contribution in [0.3, 0.4) is 0 Å². The van der Waals surface area contributed by atoms with Gasteiger partial charge in [-0.05, 0) is 62.9 Å². The zero-order valence-corrected chi connectivity index (χ0v) is 15.1. The maximum absolute atomic E-state index is 5.45. The van der Waals surface area contributed by atoms with E-state index in [0.717, 1.165) is 12.2 Å². The highest BCUT2D eigenvalue weighted by atomic mass is 32.1. The number of anilines is 1. The molecule has 2 rings (SSSR count). The average Bonchev–Trinajstić information content (AvgIpc) is 2.53. The van der Waals surface area contributed by atoms with Crippen LogP contribution in [0.5, 0.6) is 0 Å². The molecule has 23 heavy (non-hydrogen) atoms. The van der Waals surface area contributed by atoms with Crippen LogP contribution in [0.4, 0.5) is 5.69 Å². The molecule has 0 aliphatic carbocycles. The van der Waals surface area contributed by atoms with Crippen molar-refractivity contribution in [1.29, 1.82) is 0 Å². The van der Waals surface area contributed by atoms with E-state index in [1.54, 1.807) is 0 Å². The molecule has 0 fully saturated rings. The number of hydrogen-bond donors (Lipinski definition) is 2. The molecule has 0 radical (unpaired) electrons. The molecule has 1 atom stereocenters. The Morgan fingerprint density at radius 1 is 1.04 bits per heavy atom. The summed E-state index contributed by atoms with van der Waals surface area (Å²) in [5.74, 6) is 0. The minimum Gasteiger partial charge on any atom is -0.361 e. The first kappa shape index (κ1) is 17.4. The Balaban J connectivity index is 1.98. The van der Waals surface area contributed by atoms with Crippen LogP contribution >= 0.6 is 12.2 Å². The molecule has 0 aliphatic rings. The number of rotatable bonds is 5. The highest BCUT2D eigenvalue weighted by molar-refractivity contribution is 7.80. The van der Waals surface area contributed by atoms with Crippen LogP contribution in [0.25, 0.3) is 0 Å². The van der Waals surface area contributed by atoms with Crippen LogP contribution in [0.1, 0.15) is 22.7 Å². The highest BCUT2D eigenvalue weighted by Gasteiger charge is 2.14. The molecule has 4 heteroatoms. The van der Waals surface area contributed by atoms with Gasteiger partial charge in [0.2, 0.25) is 0 Å². The van der Waals surface area contributed by atoms with Crippen molar-refractivity contribution >= 4 is 23.0 Å². The standard InChI is InChI=1S/C19H25N3S/c1-14-9-8-12-17(15(14)2)21-19(23)20-13-18(22(3)4)16-10-6-5-7-11-16/h5-12,18H,13H2,1-4H3,(H2,20,21,23)/t18-/m0/s1. The molecule has 2 N–H and O–H groups in total. The van der Waals surface area contributed by atoms with Crippen LogP contribution in [0, 0.1) is 13.8 Å². The molecule has 0 unspecified atom stereocenters. The lowest BCUT2D eigenvalue weighted by Crippen LogP contribution is -2.36. The lowest BCUT2D eigenvalue weighted by Gasteiger charge is -2.26.